The van der Waals surface area contributed by atoms with Gasteiger partial charge in [-0.15, -0.1) is 0 Å². The fourth-order valence-electron chi connectivity index (χ4n) is 2.40. The number of carbonyl (C=O) groups is 1. The van der Waals surface area contributed by atoms with Crippen LogP contribution in [0.5, 0.6) is 0 Å². The molecule has 116 valence electrons. The standard InChI is InChI=1S/C14H18F3N3O/c1-18-9-13(21)19-11-8-10(14(15,16)17)4-5-12(11)20-6-2-3-7-20/h4-5,8,18H,2-3,6-7,9H2,1H3,(H,19,21). The van der Waals surface area contributed by atoms with Crippen molar-refractivity contribution >= 4 is 17.3 Å². The van der Waals surface area contributed by atoms with Crippen LogP contribution in [0.2, 0.25) is 0 Å². The molecule has 1 heterocycles. The molecule has 1 amide bonds. The number of carbonyl (C=O) groups excluding carboxylic acids is 1. The van der Waals surface area contributed by atoms with E-state index in [1.54, 1.807) is 7.05 Å². The molecule has 1 aromatic rings. The van der Waals surface area contributed by atoms with Gasteiger partial charge in [-0.2, -0.15) is 13.2 Å². The zero-order valence-electron chi connectivity index (χ0n) is 11.8. The maximum absolute atomic E-state index is 12.8. The van der Waals surface area contributed by atoms with E-state index in [9.17, 15) is 18.0 Å². The molecule has 1 saturated heterocycles. The monoisotopic (exact) mass is 301 g/mol. The molecule has 0 unspecified atom stereocenters. The molecule has 0 radical (unpaired) electrons. The minimum Gasteiger partial charge on any atom is -0.370 e. The zero-order chi connectivity index (χ0) is 15.5. The van der Waals surface area contributed by atoms with E-state index in [0.29, 0.717) is 5.69 Å². The van der Waals surface area contributed by atoms with Gasteiger partial charge in [0.1, 0.15) is 0 Å². The van der Waals surface area contributed by atoms with Gasteiger partial charge in [0.25, 0.3) is 0 Å². The van der Waals surface area contributed by atoms with E-state index in [1.165, 1.54) is 6.07 Å². The molecule has 1 aromatic carbocycles. The lowest BCUT2D eigenvalue weighted by Crippen LogP contribution is -2.27. The number of anilines is 2. The smallest absolute Gasteiger partial charge is 0.370 e. The molecule has 0 aliphatic carbocycles. The topological polar surface area (TPSA) is 44.4 Å². The number of nitrogens with zero attached hydrogens (tertiary/aromatic N) is 1. The van der Waals surface area contributed by atoms with E-state index >= 15 is 0 Å². The molecule has 21 heavy (non-hydrogen) atoms. The lowest BCUT2D eigenvalue weighted by Gasteiger charge is -2.23. The summed E-state index contributed by atoms with van der Waals surface area (Å²) < 4.78 is 38.5. The Labute approximate surface area is 121 Å². The van der Waals surface area contributed by atoms with Crippen molar-refractivity contribution in [1.82, 2.24) is 5.32 Å². The second-order valence-corrected chi connectivity index (χ2v) is 5.00. The Bertz CT molecular complexity index is 511. The summed E-state index contributed by atoms with van der Waals surface area (Å²) in [6, 6.07) is 3.49. The van der Waals surface area contributed by atoms with E-state index in [4.69, 9.17) is 0 Å². The minimum absolute atomic E-state index is 0.0513. The Balaban J connectivity index is 2.32. The molecule has 2 rings (SSSR count). The first-order valence-electron chi connectivity index (χ1n) is 6.82. The van der Waals surface area contributed by atoms with Gasteiger partial charge in [-0.1, -0.05) is 0 Å². The number of hydrogen-bond acceptors (Lipinski definition) is 3. The Morgan fingerprint density at radius 1 is 1.29 bits per heavy atom. The summed E-state index contributed by atoms with van der Waals surface area (Å²) in [6.45, 7) is 1.64. The van der Waals surface area contributed by atoms with E-state index in [0.717, 1.165) is 38.1 Å². The molecule has 4 nitrogen and oxygen atoms in total. The maximum Gasteiger partial charge on any atom is 0.416 e. The van der Waals surface area contributed by atoms with Crippen LogP contribution in [0.1, 0.15) is 18.4 Å². The van der Waals surface area contributed by atoms with Gasteiger partial charge in [0.15, 0.2) is 0 Å². The predicted molar refractivity (Wildman–Crippen MR) is 75.4 cm³/mol. The van der Waals surface area contributed by atoms with Crippen LogP contribution in [0.4, 0.5) is 24.5 Å². The van der Waals surface area contributed by atoms with Gasteiger partial charge in [0, 0.05) is 13.1 Å². The van der Waals surface area contributed by atoms with Gasteiger partial charge in [-0.05, 0) is 38.1 Å². The van der Waals surface area contributed by atoms with E-state index in [2.05, 4.69) is 10.6 Å². The number of benzene rings is 1. The highest BCUT2D eigenvalue weighted by Gasteiger charge is 2.31. The molecule has 1 aliphatic rings. The summed E-state index contributed by atoms with van der Waals surface area (Å²) in [5.41, 5.74) is 0.0992. The summed E-state index contributed by atoms with van der Waals surface area (Å²) >= 11 is 0. The zero-order valence-corrected chi connectivity index (χ0v) is 11.8. The first-order chi connectivity index (χ1) is 9.91. The van der Waals surface area contributed by atoms with Crippen molar-refractivity contribution < 1.29 is 18.0 Å². The minimum atomic E-state index is -4.42. The molecule has 1 fully saturated rings. The number of halogens is 3. The van der Waals surface area contributed by atoms with Gasteiger partial charge in [0.2, 0.25) is 5.91 Å². The molecule has 0 bridgehead atoms. The summed E-state index contributed by atoms with van der Waals surface area (Å²) in [4.78, 5) is 13.7. The Morgan fingerprint density at radius 3 is 2.52 bits per heavy atom. The molecule has 0 atom stereocenters. The molecule has 0 spiro atoms. The molecule has 2 N–H and O–H groups in total. The van der Waals surface area contributed by atoms with Gasteiger partial charge in [0.05, 0.1) is 23.5 Å². The third kappa shape index (κ3) is 3.87. The predicted octanol–water partition coefficient (Wildman–Crippen LogP) is 2.46. The lowest BCUT2D eigenvalue weighted by atomic mass is 10.1. The van der Waals surface area contributed by atoms with Crippen molar-refractivity contribution in [2.24, 2.45) is 0 Å². The average Bonchev–Trinajstić information content (AvgIpc) is 2.91. The van der Waals surface area contributed by atoms with Crippen LogP contribution < -0.4 is 15.5 Å². The summed E-state index contributed by atoms with van der Waals surface area (Å²) in [5, 5.41) is 5.23. The van der Waals surface area contributed by atoms with Crippen LogP contribution in [-0.2, 0) is 11.0 Å². The lowest BCUT2D eigenvalue weighted by molar-refractivity contribution is -0.137. The highest BCUT2D eigenvalue weighted by atomic mass is 19.4. The van der Waals surface area contributed by atoms with E-state index in [-0.39, 0.29) is 18.1 Å². The fourth-order valence-corrected chi connectivity index (χ4v) is 2.40. The van der Waals surface area contributed by atoms with Crippen LogP contribution in [0, 0.1) is 0 Å². The fraction of sp³-hybridized carbons (Fsp3) is 0.500. The second kappa shape index (κ2) is 6.34. The highest BCUT2D eigenvalue weighted by Crippen LogP contribution is 2.36. The van der Waals surface area contributed by atoms with Crippen LogP contribution in [0.25, 0.3) is 0 Å². The number of hydrogen-bond donors (Lipinski definition) is 2. The first kappa shape index (κ1) is 15.6. The SMILES string of the molecule is CNCC(=O)Nc1cc(C(F)(F)F)ccc1N1CCCC1. The Hall–Kier alpha value is -1.76. The maximum atomic E-state index is 12.8. The number of amides is 1. The van der Waals surface area contributed by atoms with Gasteiger partial charge in [-0.25, -0.2) is 0 Å². The van der Waals surface area contributed by atoms with Gasteiger partial charge < -0.3 is 15.5 Å². The van der Waals surface area contributed by atoms with Gasteiger partial charge >= 0.3 is 6.18 Å². The highest BCUT2D eigenvalue weighted by molar-refractivity contribution is 5.95. The van der Waals surface area contributed by atoms with Crippen LogP contribution in [0.3, 0.4) is 0 Å². The average molecular weight is 301 g/mol. The molecule has 1 aliphatic heterocycles. The number of alkyl halides is 3. The third-order valence-electron chi connectivity index (χ3n) is 3.38. The number of likely N-dealkylation sites (N-methyl/N-ethyl adjacent to an activating group) is 1. The molecular weight excluding hydrogens is 283 g/mol. The summed E-state index contributed by atoms with van der Waals surface area (Å²) in [7, 11) is 1.60. The van der Waals surface area contributed by atoms with E-state index < -0.39 is 11.7 Å². The normalized spacial score (nSPS) is 15.3. The molecule has 0 saturated carbocycles. The summed E-state index contributed by atoms with van der Waals surface area (Å²) in [5.74, 6) is -0.364. The van der Waals surface area contributed by atoms with Crippen molar-refractivity contribution in [3.63, 3.8) is 0 Å². The van der Waals surface area contributed by atoms with Gasteiger partial charge in [-0.3, -0.25) is 4.79 Å². The van der Waals surface area contributed by atoms with Crippen LogP contribution >= 0.6 is 0 Å². The quantitative estimate of drug-likeness (QED) is 0.898. The summed E-state index contributed by atoms with van der Waals surface area (Å²) in [6.07, 6.45) is -2.41. The second-order valence-electron chi connectivity index (χ2n) is 5.00. The van der Waals surface area contributed by atoms with Crippen LogP contribution in [-0.4, -0.2) is 32.6 Å². The number of rotatable bonds is 4. The van der Waals surface area contributed by atoms with Crippen molar-refractivity contribution in [1.29, 1.82) is 0 Å². The number of nitrogens with one attached hydrogen (secondary N) is 2. The molecule has 7 heteroatoms. The third-order valence-corrected chi connectivity index (χ3v) is 3.38. The van der Waals surface area contributed by atoms with Crippen molar-refractivity contribution in [3.05, 3.63) is 23.8 Å². The largest absolute Gasteiger partial charge is 0.416 e. The Kier molecular flexibility index (Phi) is 4.72. The van der Waals surface area contributed by atoms with Crippen molar-refractivity contribution in [3.8, 4) is 0 Å². The molecular formula is C14H18F3N3O. The van der Waals surface area contributed by atoms with E-state index in [1.807, 2.05) is 4.90 Å². The molecule has 0 aromatic heterocycles. The van der Waals surface area contributed by atoms with Crippen molar-refractivity contribution in [2.45, 2.75) is 19.0 Å². The Morgan fingerprint density at radius 2 is 1.95 bits per heavy atom. The van der Waals surface area contributed by atoms with Crippen molar-refractivity contribution in [2.75, 3.05) is 36.9 Å². The van der Waals surface area contributed by atoms with Crippen LogP contribution in [0.15, 0.2) is 18.2 Å². The first-order valence-corrected chi connectivity index (χ1v) is 6.82.